The molecule has 0 saturated carbocycles. The van der Waals surface area contributed by atoms with Crippen LogP contribution in [0.2, 0.25) is 0 Å². The summed E-state index contributed by atoms with van der Waals surface area (Å²) in [6, 6.07) is 8.95. The summed E-state index contributed by atoms with van der Waals surface area (Å²) < 4.78 is 6.59. The Balaban J connectivity index is 1.54. The van der Waals surface area contributed by atoms with Crippen molar-refractivity contribution >= 4 is 5.91 Å². The number of benzene rings is 1. The quantitative estimate of drug-likeness (QED) is 0.768. The average molecular weight is 364 g/mol. The van der Waals surface area contributed by atoms with Gasteiger partial charge in [-0.3, -0.25) is 9.59 Å². The monoisotopic (exact) mass is 364 g/mol. The van der Waals surface area contributed by atoms with Gasteiger partial charge in [0.05, 0.1) is 11.6 Å². The summed E-state index contributed by atoms with van der Waals surface area (Å²) in [4.78, 5) is 28.4. The zero-order chi connectivity index (χ0) is 19.0. The maximum Gasteiger partial charge on any atom is 0.253 e. The van der Waals surface area contributed by atoms with Gasteiger partial charge in [0.25, 0.3) is 5.91 Å². The molecular weight excluding hydrogens is 344 g/mol. The Labute approximate surface area is 156 Å². The van der Waals surface area contributed by atoms with Crippen molar-refractivity contribution in [3.05, 3.63) is 69.5 Å². The smallest absolute Gasteiger partial charge is 0.253 e. The Hall–Kier alpha value is -3.22. The van der Waals surface area contributed by atoms with Gasteiger partial charge in [-0.05, 0) is 36.1 Å². The van der Waals surface area contributed by atoms with Gasteiger partial charge in [-0.15, -0.1) is 0 Å². The van der Waals surface area contributed by atoms with Crippen LogP contribution < -0.4 is 10.9 Å². The maximum atomic E-state index is 12.5. The topological polar surface area (TPSA) is 90.0 Å². The highest BCUT2D eigenvalue weighted by molar-refractivity contribution is 5.94. The van der Waals surface area contributed by atoms with Crippen LogP contribution in [-0.4, -0.2) is 20.6 Å². The lowest BCUT2D eigenvalue weighted by Gasteiger charge is -2.14. The van der Waals surface area contributed by atoms with Crippen molar-refractivity contribution in [2.45, 2.75) is 32.2 Å². The van der Waals surface area contributed by atoms with Crippen LogP contribution >= 0.6 is 0 Å². The molecule has 0 unspecified atom stereocenters. The molecule has 1 aliphatic carbocycles. The molecule has 1 aromatic carbocycles. The van der Waals surface area contributed by atoms with E-state index in [4.69, 9.17) is 4.52 Å². The first-order chi connectivity index (χ1) is 13.0. The Kier molecular flexibility index (Phi) is 4.35. The van der Waals surface area contributed by atoms with Gasteiger partial charge < -0.3 is 14.4 Å². The van der Waals surface area contributed by atoms with E-state index in [-0.39, 0.29) is 17.5 Å². The predicted octanol–water partition coefficient (Wildman–Crippen LogP) is 2.42. The van der Waals surface area contributed by atoms with Crippen molar-refractivity contribution in [2.75, 3.05) is 0 Å². The lowest BCUT2D eigenvalue weighted by atomic mass is 10.0. The van der Waals surface area contributed by atoms with E-state index >= 15 is 0 Å². The molecule has 2 aromatic heterocycles. The van der Waals surface area contributed by atoms with E-state index in [9.17, 15) is 9.59 Å². The molecule has 3 aromatic rings. The number of hydrogen-bond acceptors (Lipinski definition) is 5. The minimum atomic E-state index is -0.182. The van der Waals surface area contributed by atoms with Crippen LogP contribution in [0.4, 0.5) is 0 Å². The van der Waals surface area contributed by atoms with Crippen molar-refractivity contribution in [3.63, 3.8) is 0 Å². The number of aromatic nitrogens is 3. The van der Waals surface area contributed by atoms with Gasteiger partial charge in [0.2, 0.25) is 17.3 Å². The van der Waals surface area contributed by atoms with Crippen molar-refractivity contribution in [1.82, 2.24) is 20.0 Å². The molecule has 0 radical (unpaired) electrons. The molecule has 7 heteroatoms. The number of rotatable bonds is 4. The molecule has 1 atom stereocenters. The Bertz CT molecular complexity index is 1070. The lowest BCUT2D eigenvalue weighted by molar-refractivity contribution is 0.0936. The molecule has 2 heterocycles. The Morgan fingerprint density at radius 3 is 2.93 bits per heavy atom. The first-order valence-corrected chi connectivity index (χ1v) is 8.98. The van der Waals surface area contributed by atoms with Gasteiger partial charge in [0, 0.05) is 31.3 Å². The summed E-state index contributed by atoms with van der Waals surface area (Å²) in [6.07, 6.45) is 3.97. The summed E-state index contributed by atoms with van der Waals surface area (Å²) in [5, 5.41) is 7.09. The number of carbonyl (C=O) groups excluding carboxylic acids is 1. The number of hydrogen-bond donors (Lipinski definition) is 1. The molecule has 0 bridgehead atoms. The van der Waals surface area contributed by atoms with E-state index in [0.717, 1.165) is 24.0 Å². The molecule has 1 amide bonds. The molecule has 0 spiro atoms. The molecule has 27 heavy (non-hydrogen) atoms. The molecule has 1 aliphatic rings. The first-order valence-electron chi connectivity index (χ1n) is 8.98. The summed E-state index contributed by atoms with van der Waals surface area (Å²) in [7, 11) is 1.63. The average Bonchev–Trinajstić information content (AvgIpc) is 3.30. The fourth-order valence-corrected chi connectivity index (χ4v) is 3.39. The normalized spacial score (nSPS) is 15.6. The van der Waals surface area contributed by atoms with Crippen molar-refractivity contribution < 1.29 is 9.32 Å². The highest BCUT2D eigenvalue weighted by atomic mass is 16.5. The second-order valence-electron chi connectivity index (χ2n) is 6.71. The fourth-order valence-electron chi connectivity index (χ4n) is 3.39. The molecule has 4 rings (SSSR count). The van der Waals surface area contributed by atoms with Crippen LogP contribution in [-0.2, 0) is 19.9 Å². The molecule has 1 N–H and O–H groups in total. The fraction of sp³-hybridized carbons (Fsp3) is 0.300. The number of carbonyl (C=O) groups is 1. The molecule has 0 fully saturated rings. The van der Waals surface area contributed by atoms with E-state index in [1.807, 2.05) is 19.1 Å². The minimum Gasteiger partial charge on any atom is -0.345 e. The first kappa shape index (κ1) is 17.2. The number of nitrogens with one attached hydrogen (secondary N) is 1. The van der Waals surface area contributed by atoms with Crippen LogP contribution in [0.25, 0.3) is 11.4 Å². The van der Waals surface area contributed by atoms with Crippen LogP contribution in [0.3, 0.4) is 0 Å². The second-order valence-corrected chi connectivity index (χ2v) is 6.71. The van der Waals surface area contributed by atoms with Gasteiger partial charge in [0.15, 0.2) is 0 Å². The maximum absolute atomic E-state index is 12.5. The van der Waals surface area contributed by atoms with Gasteiger partial charge in [-0.25, -0.2) is 0 Å². The zero-order valence-corrected chi connectivity index (χ0v) is 15.2. The lowest BCUT2D eigenvalue weighted by Crippen LogP contribution is -2.28. The molecule has 0 aliphatic heterocycles. The van der Waals surface area contributed by atoms with Crippen molar-refractivity contribution in [2.24, 2.45) is 7.05 Å². The third-order valence-electron chi connectivity index (χ3n) is 4.90. The van der Waals surface area contributed by atoms with Crippen molar-refractivity contribution in [3.8, 4) is 11.4 Å². The van der Waals surface area contributed by atoms with Crippen molar-refractivity contribution in [1.29, 1.82) is 0 Å². The summed E-state index contributed by atoms with van der Waals surface area (Å²) >= 11 is 0. The summed E-state index contributed by atoms with van der Waals surface area (Å²) in [6.45, 7) is 1.97. The predicted molar refractivity (Wildman–Crippen MR) is 99.3 cm³/mol. The van der Waals surface area contributed by atoms with Gasteiger partial charge in [0.1, 0.15) is 0 Å². The summed E-state index contributed by atoms with van der Waals surface area (Å²) in [5.74, 6) is 1.03. The third-order valence-corrected chi connectivity index (χ3v) is 4.90. The molecular formula is C20H20N4O3. The molecule has 0 saturated heterocycles. The second kappa shape index (κ2) is 6.83. The third kappa shape index (κ3) is 3.28. The number of amides is 1. The largest absolute Gasteiger partial charge is 0.345 e. The Morgan fingerprint density at radius 1 is 1.33 bits per heavy atom. The zero-order valence-electron chi connectivity index (χ0n) is 15.2. The Morgan fingerprint density at radius 2 is 2.19 bits per heavy atom. The van der Waals surface area contributed by atoms with Crippen LogP contribution in [0.1, 0.15) is 46.8 Å². The summed E-state index contributed by atoms with van der Waals surface area (Å²) in [5.41, 5.74) is 3.54. The number of nitrogens with zero attached hydrogens (tertiary/aromatic N) is 3. The van der Waals surface area contributed by atoms with Gasteiger partial charge >= 0.3 is 0 Å². The van der Waals surface area contributed by atoms with Crippen LogP contribution in [0, 0.1) is 0 Å². The number of aryl methyl sites for hydroxylation is 3. The van der Waals surface area contributed by atoms with Gasteiger partial charge in [-0.2, -0.15) is 4.98 Å². The molecule has 7 nitrogen and oxygen atoms in total. The highest BCUT2D eigenvalue weighted by Gasteiger charge is 2.25. The van der Waals surface area contributed by atoms with E-state index < -0.39 is 0 Å². The number of fused-ring (bicyclic) bond motifs is 1. The SMILES string of the molecule is CCc1nc(-c2ccc3c(c2)CC[C@H]3NC(=O)c2ccc(=O)n(C)c2)no1. The van der Waals surface area contributed by atoms with Gasteiger partial charge in [-0.1, -0.05) is 24.2 Å². The standard InChI is InChI=1S/C20H20N4O3/c1-3-17-22-19(23-27-17)13-4-7-15-12(10-13)5-8-16(15)21-20(26)14-6-9-18(25)24(2)11-14/h4,6-7,9-11,16H,3,5,8H2,1-2H3,(H,21,26)/t16-/m1/s1. The van der Waals surface area contributed by atoms with Crippen LogP contribution in [0.5, 0.6) is 0 Å². The van der Waals surface area contributed by atoms with E-state index in [0.29, 0.717) is 23.7 Å². The highest BCUT2D eigenvalue weighted by Crippen LogP contribution is 2.33. The molecule has 138 valence electrons. The van der Waals surface area contributed by atoms with E-state index in [1.54, 1.807) is 19.3 Å². The van der Waals surface area contributed by atoms with E-state index in [2.05, 4.69) is 21.5 Å². The van der Waals surface area contributed by atoms with E-state index in [1.165, 1.54) is 16.2 Å². The minimum absolute atomic E-state index is 0.0461. The van der Waals surface area contributed by atoms with Crippen LogP contribution in [0.15, 0.2) is 45.8 Å². The number of pyridine rings is 1.